The van der Waals surface area contributed by atoms with Crippen LogP contribution in [0.1, 0.15) is 26.1 Å². The van der Waals surface area contributed by atoms with E-state index in [-0.39, 0.29) is 12.4 Å². The number of aryl methyl sites for hydroxylation is 1. The first-order chi connectivity index (χ1) is 9.30. The van der Waals surface area contributed by atoms with Gasteiger partial charge in [-0.15, -0.1) is 0 Å². The molecule has 2 heterocycles. The van der Waals surface area contributed by atoms with Crippen LogP contribution < -0.4 is 4.90 Å². The van der Waals surface area contributed by atoms with Crippen molar-refractivity contribution in [3.63, 3.8) is 0 Å². The van der Waals surface area contributed by atoms with Crippen LogP contribution in [0.5, 0.6) is 0 Å². The molecule has 0 spiro atoms. The van der Waals surface area contributed by atoms with Crippen LogP contribution in [0.2, 0.25) is 0 Å². The maximum Gasteiger partial charge on any atom is 0.406 e. The molecular formula is C12H18N4O4. The molecule has 8 heteroatoms. The van der Waals surface area contributed by atoms with Crippen molar-refractivity contribution in [2.75, 3.05) is 18.0 Å². The number of hydrogen-bond donors (Lipinski definition) is 1. The first-order valence-electron chi connectivity index (χ1n) is 6.50. The van der Waals surface area contributed by atoms with E-state index in [0.717, 1.165) is 0 Å². The zero-order valence-corrected chi connectivity index (χ0v) is 11.8. The van der Waals surface area contributed by atoms with E-state index >= 15 is 0 Å². The lowest BCUT2D eigenvalue weighted by molar-refractivity contribution is -0.388. The smallest absolute Gasteiger partial charge is 0.406 e. The summed E-state index contributed by atoms with van der Waals surface area (Å²) >= 11 is 0. The summed E-state index contributed by atoms with van der Waals surface area (Å²) in [6.45, 7) is 6.56. The number of carboxylic acids is 1. The summed E-state index contributed by atoms with van der Waals surface area (Å²) in [5.74, 6) is -0.0842. The van der Waals surface area contributed by atoms with Gasteiger partial charge in [-0.25, -0.2) is 0 Å². The van der Waals surface area contributed by atoms with Crippen molar-refractivity contribution in [3.8, 4) is 0 Å². The molecule has 1 aliphatic rings. The Morgan fingerprint density at radius 1 is 1.60 bits per heavy atom. The predicted octanol–water partition coefficient (Wildman–Crippen LogP) is 1.42. The number of aromatic nitrogens is 2. The average Bonchev–Trinajstić information content (AvgIpc) is 2.90. The number of nitrogens with zero attached hydrogens (tertiary/aromatic N) is 4. The number of nitro groups is 1. The van der Waals surface area contributed by atoms with Gasteiger partial charge in [-0.3, -0.25) is 9.36 Å². The van der Waals surface area contributed by atoms with Crippen LogP contribution in [0.3, 0.4) is 0 Å². The van der Waals surface area contributed by atoms with E-state index in [2.05, 4.69) is 4.98 Å². The summed E-state index contributed by atoms with van der Waals surface area (Å²) in [6, 6.07) is 0. The standard InChI is InChI=1S/C12H18N4O4/c1-4-15-8(2)13-9(16(19)20)10(15)14-6-5-12(3,7-14)11(17)18/h4-7H2,1-3H3,(H,17,18). The highest BCUT2D eigenvalue weighted by molar-refractivity contribution is 5.76. The Morgan fingerprint density at radius 3 is 2.70 bits per heavy atom. The number of anilines is 1. The molecule has 0 aliphatic carbocycles. The number of carboxylic acid groups (broad SMARTS) is 1. The van der Waals surface area contributed by atoms with Gasteiger partial charge in [0.15, 0.2) is 0 Å². The molecule has 1 unspecified atom stereocenters. The summed E-state index contributed by atoms with van der Waals surface area (Å²) in [7, 11) is 0. The van der Waals surface area contributed by atoms with E-state index in [1.807, 2.05) is 6.92 Å². The molecule has 20 heavy (non-hydrogen) atoms. The SMILES string of the molecule is CCn1c(C)nc([N+](=O)[O-])c1N1CCC(C)(C(=O)O)C1. The van der Waals surface area contributed by atoms with Crippen molar-refractivity contribution in [2.24, 2.45) is 5.41 Å². The van der Waals surface area contributed by atoms with Gasteiger partial charge in [0, 0.05) is 26.6 Å². The molecule has 0 aromatic carbocycles. The van der Waals surface area contributed by atoms with Crippen LogP contribution in [-0.2, 0) is 11.3 Å². The number of carbonyl (C=O) groups is 1. The Kier molecular flexibility index (Phi) is 3.41. The number of aliphatic carboxylic acids is 1. The minimum Gasteiger partial charge on any atom is -0.481 e. The molecule has 1 aliphatic heterocycles. The summed E-state index contributed by atoms with van der Waals surface area (Å²) in [6.07, 6.45) is 0.466. The molecule has 8 nitrogen and oxygen atoms in total. The van der Waals surface area contributed by atoms with Crippen molar-refractivity contribution >= 4 is 17.6 Å². The van der Waals surface area contributed by atoms with Crippen LogP contribution in [0.25, 0.3) is 0 Å². The van der Waals surface area contributed by atoms with Crippen molar-refractivity contribution in [2.45, 2.75) is 33.7 Å². The fourth-order valence-electron chi connectivity index (χ4n) is 2.67. The van der Waals surface area contributed by atoms with Crippen molar-refractivity contribution in [1.82, 2.24) is 9.55 Å². The van der Waals surface area contributed by atoms with E-state index in [1.165, 1.54) is 0 Å². The second-order valence-corrected chi connectivity index (χ2v) is 5.34. The summed E-state index contributed by atoms with van der Waals surface area (Å²) < 4.78 is 1.76. The van der Waals surface area contributed by atoms with Gasteiger partial charge in [0.25, 0.3) is 0 Å². The minimum absolute atomic E-state index is 0.195. The van der Waals surface area contributed by atoms with Gasteiger partial charge in [0.1, 0.15) is 0 Å². The quantitative estimate of drug-likeness (QED) is 0.662. The van der Waals surface area contributed by atoms with Gasteiger partial charge in [-0.05, 0) is 30.2 Å². The molecule has 1 fully saturated rings. The molecule has 0 saturated carbocycles. The summed E-state index contributed by atoms with van der Waals surface area (Å²) in [5, 5.41) is 20.4. The van der Waals surface area contributed by atoms with Crippen LogP contribution in [-0.4, -0.2) is 38.6 Å². The monoisotopic (exact) mass is 282 g/mol. The summed E-state index contributed by atoms with van der Waals surface area (Å²) in [5.41, 5.74) is -0.870. The molecule has 0 bridgehead atoms. The Morgan fingerprint density at radius 2 is 2.25 bits per heavy atom. The van der Waals surface area contributed by atoms with Gasteiger partial charge in [-0.2, -0.15) is 0 Å². The number of rotatable bonds is 4. The van der Waals surface area contributed by atoms with Gasteiger partial charge in [-0.1, -0.05) is 0 Å². The van der Waals surface area contributed by atoms with E-state index in [0.29, 0.717) is 31.2 Å². The molecule has 0 radical (unpaired) electrons. The van der Waals surface area contributed by atoms with Crippen LogP contribution >= 0.6 is 0 Å². The maximum absolute atomic E-state index is 11.3. The number of hydrogen-bond acceptors (Lipinski definition) is 5. The molecule has 1 atom stereocenters. The third kappa shape index (κ3) is 2.10. The molecule has 0 amide bonds. The zero-order chi connectivity index (χ0) is 15.1. The first-order valence-corrected chi connectivity index (χ1v) is 6.50. The van der Waals surface area contributed by atoms with E-state index in [4.69, 9.17) is 0 Å². The third-order valence-electron chi connectivity index (χ3n) is 3.89. The van der Waals surface area contributed by atoms with E-state index in [9.17, 15) is 20.0 Å². The molecule has 1 saturated heterocycles. The molecular weight excluding hydrogens is 264 g/mol. The Labute approximate surface area is 116 Å². The second kappa shape index (κ2) is 4.77. The van der Waals surface area contributed by atoms with Crippen LogP contribution in [0, 0.1) is 22.5 Å². The molecule has 2 rings (SSSR count). The van der Waals surface area contributed by atoms with Crippen LogP contribution in [0.4, 0.5) is 11.6 Å². The largest absolute Gasteiger partial charge is 0.481 e. The Bertz CT molecular complexity index is 568. The Balaban J connectivity index is 2.43. The van der Waals surface area contributed by atoms with Gasteiger partial charge in [0.05, 0.1) is 5.41 Å². The van der Waals surface area contributed by atoms with Gasteiger partial charge >= 0.3 is 11.8 Å². The average molecular weight is 282 g/mol. The third-order valence-corrected chi connectivity index (χ3v) is 3.89. The highest BCUT2D eigenvalue weighted by Crippen LogP contribution is 2.37. The Hall–Kier alpha value is -2.12. The summed E-state index contributed by atoms with van der Waals surface area (Å²) in [4.78, 5) is 27.7. The van der Waals surface area contributed by atoms with Crippen molar-refractivity contribution in [1.29, 1.82) is 0 Å². The molecule has 1 aromatic rings. The molecule has 1 N–H and O–H groups in total. The molecule has 1 aromatic heterocycles. The second-order valence-electron chi connectivity index (χ2n) is 5.34. The van der Waals surface area contributed by atoms with E-state index < -0.39 is 16.3 Å². The highest BCUT2D eigenvalue weighted by atomic mass is 16.6. The fraction of sp³-hybridized carbons (Fsp3) is 0.667. The normalized spacial score (nSPS) is 22.2. The molecule has 110 valence electrons. The van der Waals surface area contributed by atoms with Gasteiger partial charge in [0.2, 0.25) is 11.6 Å². The van der Waals surface area contributed by atoms with E-state index in [1.54, 1.807) is 23.3 Å². The van der Waals surface area contributed by atoms with Gasteiger partial charge < -0.3 is 20.1 Å². The topological polar surface area (TPSA) is 101 Å². The van der Waals surface area contributed by atoms with Crippen LogP contribution in [0.15, 0.2) is 0 Å². The number of imidazole rings is 1. The zero-order valence-electron chi connectivity index (χ0n) is 11.8. The predicted molar refractivity (Wildman–Crippen MR) is 71.9 cm³/mol. The maximum atomic E-state index is 11.3. The van der Waals surface area contributed by atoms with Crippen molar-refractivity contribution < 1.29 is 14.8 Å². The lowest BCUT2D eigenvalue weighted by Crippen LogP contribution is -2.32. The highest BCUT2D eigenvalue weighted by Gasteiger charge is 2.43. The minimum atomic E-state index is -0.873. The lowest BCUT2D eigenvalue weighted by atomic mass is 9.90. The first kappa shape index (κ1) is 14.3. The van der Waals surface area contributed by atoms with Crippen molar-refractivity contribution in [3.05, 3.63) is 15.9 Å². The lowest BCUT2D eigenvalue weighted by Gasteiger charge is -2.21. The fourth-order valence-corrected chi connectivity index (χ4v) is 2.67.